The SMILES string of the molecule is C=C1OC(=O)Cc2c3ccccc3cc[n+]2C1(C(=O)OCC)C(=O)OCC. The Morgan fingerprint density at radius 1 is 1.15 bits per heavy atom. The van der Waals surface area contributed by atoms with E-state index in [2.05, 4.69) is 6.58 Å². The molecule has 0 aliphatic carbocycles. The summed E-state index contributed by atoms with van der Waals surface area (Å²) in [6, 6.07) is 9.10. The van der Waals surface area contributed by atoms with Gasteiger partial charge in [0.15, 0.2) is 12.0 Å². The van der Waals surface area contributed by atoms with Crippen molar-refractivity contribution in [3.8, 4) is 0 Å². The third-order valence-corrected chi connectivity index (χ3v) is 4.42. The van der Waals surface area contributed by atoms with Crippen molar-refractivity contribution in [1.29, 1.82) is 0 Å². The number of fused-ring (bicyclic) bond motifs is 3. The number of carbonyl (C=O) groups excluding carboxylic acids is 3. The molecule has 3 rings (SSSR count). The molecule has 1 aromatic carbocycles. The molecule has 2 heterocycles. The van der Waals surface area contributed by atoms with Gasteiger partial charge in [-0.2, -0.15) is 4.57 Å². The number of hydrogen-bond donors (Lipinski definition) is 0. The standard InChI is InChI=1S/C20H20NO6/c1-4-25-18(23)20(19(24)26-5-2)13(3)27-17(22)12-16-15-9-7-6-8-14(15)10-11-21(16)20/h6-11H,3-5,12H2,1-2H3/q+1. The molecule has 27 heavy (non-hydrogen) atoms. The number of ether oxygens (including phenoxy) is 3. The fraction of sp³-hybridized carbons (Fsp3) is 0.300. The highest BCUT2D eigenvalue weighted by atomic mass is 16.6. The molecule has 1 aliphatic rings. The van der Waals surface area contributed by atoms with E-state index in [0.717, 1.165) is 5.39 Å². The van der Waals surface area contributed by atoms with Crippen LogP contribution < -0.4 is 4.57 Å². The van der Waals surface area contributed by atoms with Crippen LogP contribution in [0.25, 0.3) is 10.8 Å². The first kappa shape index (κ1) is 18.6. The van der Waals surface area contributed by atoms with Crippen molar-refractivity contribution in [3.05, 3.63) is 54.6 Å². The number of benzene rings is 1. The van der Waals surface area contributed by atoms with E-state index >= 15 is 0 Å². The molecule has 0 saturated heterocycles. The van der Waals surface area contributed by atoms with Gasteiger partial charge in [-0.1, -0.05) is 24.8 Å². The lowest BCUT2D eigenvalue weighted by Gasteiger charge is -2.24. The Morgan fingerprint density at radius 2 is 1.78 bits per heavy atom. The Labute approximate surface area is 156 Å². The van der Waals surface area contributed by atoms with Gasteiger partial charge in [-0.15, -0.1) is 0 Å². The van der Waals surface area contributed by atoms with Crippen LogP contribution in [-0.4, -0.2) is 31.1 Å². The maximum absolute atomic E-state index is 13.0. The van der Waals surface area contributed by atoms with Crippen molar-refractivity contribution < 1.29 is 33.2 Å². The Balaban J connectivity index is 2.40. The Hall–Kier alpha value is -3.22. The molecule has 0 amide bonds. The summed E-state index contributed by atoms with van der Waals surface area (Å²) in [4.78, 5) is 38.4. The lowest BCUT2D eigenvalue weighted by atomic mass is 9.94. The smallest absolute Gasteiger partial charge is 0.417 e. The van der Waals surface area contributed by atoms with E-state index in [0.29, 0.717) is 11.1 Å². The van der Waals surface area contributed by atoms with Gasteiger partial charge in [-0.25, -0.2) is 9.59 Å². The van der Waals surface area contributed by atoms with E-state index in [9.17, 15) is 14.4 Å². The molecule has 0 spiro atoms. The molecule has 1 aromatic heterocycles. The molecule has 0 atom stereocenters. The van der Waals surface area contributed by atoms with E-state index in [1.165, 1.54) is 4.57 Å². The average molecular weight is 370 g/mol. The van der Waals surface area contributed by atoms with Crippen molar-refractivity contribution in [2.75, 3.05) is 13.2 Å². The molecule has 140 valence electrons. The van der Waals surface area contributed by atoms with Gasteiger partial charge in [0.1, 0.15) is 6.42 Å². The molecule has 2 aromatic rings. The van der Waals surface area contributed by atoms with E-state index in [-0.39, 0.29) is 25.4 Å². The van der Waals surface area contributed by atoms with E-state index < -0.39 is 23.4 Å². The minimum absolute atomic E-state index is 0.0324. The lowest BCUT2D eigenvalue weighted by molar-refractivity contribution is -0.734. The highest BCUT2D eigenvalue weighted by molar-refractivity contribution is 6.04. The lowest BCUT2D eigenvalue weighted by Crippen LogP contribution is -2.68. The van der Waals surface area contributed by atoms with E-state index in [1.54, 1.807) is 26.1 Å². The normalized spacial score (nSPS) is 15.5. The molecule has 0 fully saturated rings. The predicted octanol–water partition coefficient (Wildman–Crippen LogP) is 1.56. The average Bonchev–Trinajstić information content (AvgIpc) is 2.75. The molecule has 0 saturated carbocycles. The zero-order valence-electron chi connectivity index (χ0n) is 15.2. The van der Waals surface area contributed by atoms with Gasteiger partial charge in [0.05, 0.1) is 13.2 Å². The third-order valence-electron chi connectivity index (χ3n) is 4.42. The highest BCUT2D eigenvalue weighted by Crippen LogP contribution is 2.30. The van der Waals surface area contributed by atoms with Crippen LogP contribution in [0.15, 0.2) is 48.9 Å². The number of hydrogen-bond acceptors (Lipinski definition) is 6. The maximum atomic E-state index is 13.0. The molecule has 0 radical (unpaired) electrons. The van der Waals surface area contributed by atoms with Crippen LogP contribution in [0, 0.1) is 0 Å². The number of pyridine rings is 1. The first-order valence-electron chi connectivity index (χ1n) is 8.64. The van der Waals surface area contributed by atoms with E-state index in [1.807, 2.05) is 24.3 Å². The molecule has 1 aliphatic heterocycles. The van der Waals surface area contributed by atoms with Gasteiger partial charge < -0.3 is 14.2 Å². The summed E-state index contributed by atoms with van der Waals surface area (Å²) >= 11 is 0. The summed E-state index contributed by atoms with van der Waals surface area (Å²) in [6.07, 6.45) is 1.42. The van der Waals surface area contributed by atoms with Crippen LogP contribution in [0.3, 0.4) is 0 Å². The van der Waals surface area contributed by atoms with Gasteiger partial charge in [-0.05, 0) is 25.3 Å². The van der Waals surface area contributed by atoms with Crippen LogP contribution in [0.1, 0.15) is 19.5 Å². The van der Waals surface area contributed by atoms with Crippen LogP contribution in [0.5, 0.6) is 0 Å². The summed E-state index contributed by atoms with van der Waals surface area (Å²) in [7, 11) is 0. The van der Waals surface area contributed by atoms with Crippen LogP contribution in [0.4, 0.5) is 0 Å². The first-order valence-corrected chi connectivity index (χ1v) is 8.64. The van der Waals surface area contributed by atoms with Crippen LogP contribution in [-0.2, 0) is 40.6 Å². The minimum atomic E-state index is -2.14. The molecule has 7 nitrogen and oxygen atoms in total. The van der Waals surface area contributed by atoms with E-state index in [4.69, 9.17) is 14.2 Å². The summed E-state index contributed by atoms with van der Waals surface area (Å²) in [6.45, 7) is 7.00. The van der Waals surface area contributed by atoms with Crippen molar-refractivity contribution in [3.63, 3.8) is 0 Å². The summed E-state index contributed by atoms with van der Waals surface area (Å²) in [5, 5.41) is 1.57. The minimum Gasteiger partial charge on any atom is -0.460 e. The van der Waals surface area contributed by atoms with Gasteiger partial charge in [0, 0.05) is 11.5 Å². The predicted molar refractivity (Wildman–Crippen MR) is 94.3 cm³/mol. The van der Waals surface area contributed by atoms with Crippen LogP contribution in [0.2, 0.25) is 0 Å². The van der Waals surface area contributed by atoms with Gasteiger partial charge in [-0.3, -0.25) is 4.79 Å². The monoisotopic (exact) mass is 370 g/mol. The topological polar surface area (TPSA) is 82.8 Å². The summed E-state index contributed by atoms with van der Waals surface area (Å²) in [5.41, 5.74) is -1.70. The van der Waals surface area contributed by atoms with Gasteiger partial charge in [0.25, 0.3) is 0 Å². The van der Waals surface area contributed by atoms with Crippen molar-refractivity contribution in [2.24, 2.45) is 0 Å². The van der Waals surface area contributed by atoms with Crippen molar-refractivity contribution >= 4 is 28.7 Å². The number of carbonyl (C=O) groups is 3. The Kier molecular flexibility index (Phi) is 4.94. The zero-order valence-corrected chi connectivity index (χ0v) is 15.2. The second kappa shape index (κ2) is 7.19. The Morgan fingerprint density at radius 3 is 2.41 bits per heavy atom. The number of nitrogens with zero attached hydrogens (tertiary/aromatic N) is 1. The van der Waals surface area contributed by atoms with Gasteiger partial charge in [0.2, 0.25) is 5.69 Å². The molecule has 0 unspecified atom stereocenters. The second-order valence-corrected chi connectivity index (χ2v) is 5.95. The number of cyclic esters (lactones) is 1. The first-order chi connectivity index (χ1) is 13.0. The molecular weight excluding hydrogens is 350 g/mol. The number of esters is 3. The fourth-order valence-electron chi connectivity index (χ4n) is 3.27. The molecule has 7 heteroatoms. The summed E-state index contributed by atoms with van der Waals surface area (Å²) < 4.78 is 17.0. The maximum Gasteiger partial charge on any atom is 0.417 e. The summed E-state index contributed by atoms with van der Waals surface area (Å²) in [5.74, 6) is -2.79. The second-order valence-electron chi connectivity index (χ2n) is 5.95. The zero-order chi connectivity index (χ0) is 19.6. The third kappa shape index (κ3) is 2.85. The number of aromatic nitrogens is 1. The molecule has 0 N–H and O–H groups in total. The highest BCUT2D eigenvalue weighted by Gasteiger charge is 2.65. The molecule has 0 bridgehead atoms. The largest absolute Gasteiger partial charge is 0.460 e. The molecular formula is C20H20NO6+. The quantitative estimate of drug-likeness (QED) is 0.352. The Bertz CT molecular complexity index is 931. The number of rotatable bonds is 4. The van der Waals surface area contributed by atoms with Gasteiger partial charge >= 0.3 is 23.4 Å². The van der Waals surface area contributed by atoms with Crippen molar-refractivity contribution in [2.45, 2.75) is 25.8 Å². The van der Waals surface area contributed by atoms with Crippen LogP contribution >= 0.6 is 0 Å². The van der Waals surface area contributed by atoms with Crippen molar-refractivity contribution in [1.82, 2.24) is 0 Å². The fourth-order valence-corrected chi connectivity index (χ4v) is 3.27.